The van der Waals surface area contributed by atoms with Gasteiger partial charge in [0, 0.05) is 26.1 Å². The molecule has 0 aliphatic heterocycles. The first kappa shape index (κ1) is 11.5. The van der Waals surface area contributed by atoms with Crippen molar-refractivity contribution in [2.24, 2.45) is 5.41 Å². The van der Waals surface area contributed by atoms with Gasteiger partial charge in [0.05, 0.1) is 6.07 Å². The second-order valence-corrected chi connectivity index (χ2v) is 4.28. The Balaban J connectivity index is 2.29. The summed E-state index contributed by atoms with van der Waals surface area (Å²) in [6, 6.07) is 2.28. The fourth-order valence-electron chi connectivity index (χ4n) is 1.85. The fourth-order valence-corrected chi connectivity index (χ4v) is 1.85. The quantitative estimate of drug-likeness (QED) is 0.669. The molecule has 0 aromatic rings. The van der Waals surface area contributed by atoms with Gasteiger partial charge in [-0.05, 0) is 31.2 Å². The average Bonchev–Trinajstić information content (AvgIpc) is 2.93. The maximum absolute atomic E-state index is 8.75. The van der Waals surface area contributed by atoms with E-state index >= 15 is 0 Å². The summed E-state index contributed by atoms with van der Waals surface area (Å²) in [4.78, 5) is 2.35. The van der Waals surface area contributed by atoms with Crippen LogP contribution in [0.15, 0.2) is 0 Å². The van der Waals surface area contributed by atoms with E-state index < -0.39 is 0 Å². The number of aliphatic hydroxyl groups excluding tert-OH is 1. The van der Waals surface area contributed by atoms with E-state index in [0.717, 1.165) is 26.1 Å². The van der Waals surface area contributed by atoms with Gasteiger partial charge in [-0.3, -0.25) is 0 Å². The highest BCUT2D eigenvalue weighted by atomic mass is 16.3. The van der Waals surface area contributed by atoms with Gasteiger partial charge >= 0.3 is 0 Å². The van der Waals surface area contributed by atoms with E-state index in [-0.39, 0.29) is 6.61 Å². The van der Waals surface area contributed by atoms with Crippen LogP contribution < -0.4 is 0 Å². The molecule has 0 aromatic heterocycles. The lowest BCUT2D eigenvalue weighted by molar-refractivity contribution is 0.200. The lowest BCUT2D eigenvalue weighted by Gasteiger charge is -2.24. The third kappa shape index (κ3) is 3.28. The number of nitriles is 1. The molecule has 0 amide bonds. The van der Waals surface area contributed by atoms with Crippen LogP contribution >= 0.6 is 0 Å². The molecule has 0 saturated heterocycles. The summed E-state index contributed by atoms with van der Waals surface area (Å²) in [7, 11) is 0. The van der Waals surface area contributed by atoms with Crippen molar-refractivity contribution in [3.63, 3.8) is 0 Å². The van der Waals surface area contributed by atoms with Crippen molar-refractivity contribution >= 4 is 0 Å². The van der Waals surface area contributed by atoms with Crippen molar-refractivity contribution in [3.05, 3.63) is 0 Å². The van der Waals surface area contributed by atoms with Crippen molar-refractivity contribution in [3.8, 4) is 6.07 Å². The van der Waals surface area contributed by atoms with Gasteiger partial charge in [0.15, 0.2) is 0 Å². The van der Waals surface area contributed by atoms with E-state index in [4.69, 9.17) is 10.4 Å². The number of aliphatic hydroxyl groups is 1. The van der Waals surface area contributed by atoms with Crippen molar-refractivity contribution in [1.82, 2.24) is 4.90 Å². The maximum atomic E-state index is 8.75. The Morgan fingerprint density at radius 1 is 1.50 bits per heavy atom. The minimum Gasteiger partial charge on any atom is -0.396 e. The van der Waals surface area contributed by atoms with E-state index in [0.29, 0.717) is 11.8 Å². The molecule has 1 aliphatic carbocycles. The second-order valence-electron chi connectivity index (χ2n) is 4.28. The smallest absolute Gasteiger partial charge is 0.0628 e. The fraction of sp³-hybridized carbons (Fsp3) is 0.909. The molecule has 14 heavy (non-hydrogen) atoms. The summed E-state index contributed by atoms with van der Waals surface area (Å²) >= 11 is 0. The lowest BCUT2D eigenvalue weighted by atomic mass is 10.0. The highest BCUT2D eigenvalue weighted by Gasteiger charge is 2.43. The zero-order valence-corrected chi connectivity index (χ0v) is 9.00. The average molecular weight is 196 g/mol. The van der Waals surface area contributed by atoms with E-state index in [1.807, 2.05) is 0 Å². The number of hydrogen-bond acceptors (Lipinski definition) is 3. The molecule has 0 heterocycles. The lowest BCUT2D eigenvalue weighted by Crippen LogP contribution is -2.31. The predicted octanol–water partition coefficient (Wildman–Crippen LogP) is 1.38. The number of hydrogen-bond donors (Lipinski definition) is 1. The maximum Gasteiger partial charge on any atom is 0.0628 e. The van der Waals surface area contributed by atoms with Gasteiger partial charge in [0.25, 0.3) is 0 Å². The summed E-state index contributed by atoms with van der Waals surface area (Å²) in [6.07, 6.45) is 3.95. The van der Waals surface area contributed by atoms with Gasteiger partial charge in [-0.1, -0.05) is 6.92 Å². The zero-order chi connectivity index (χ0) is 10.4. The molecular weight excluding hydrogens is 176 g/mol. The number of nitrogens with zero attached hydrogens (tertiary/aromatic N) is 2. The van der Waals surface area contributed by atoms with Crippen LogP contribution in [0.4, 0.5) is 0 Å². The Morgan fingerprint density at radius 3 is 2.64 bits per heavy atom. The first-order chi connectivity index (χ1) is 6.76. The Bertz CT molecular complexity index is 206. The summed E-state index contributed by atoms with van der Waals surface area (Å²) in [6.45, 7) is 5.42. The normalized spacial score (nSPS) is 18.1. The Kier molecular flexibility index (Phi) is 4.37. The van der Waals surface area contributed by atoms with E-state index in [9.17, 15) is 0 Å². The molecule has 0 spiro atoms. The Morgan fingerprint density at radius 2 is 2.21 bits per heavy atom. The number of rotatable bonds is 7. The van der Waals surface area contributed by atoms with Crippen LogP contribution in [-0.4, -0.2) is 36.2 Å². The van der Waals surface area contributed by atoms with Gasteiger partial charge in [0.1, 0.15) is 0 Å². The molecule has 1 N–H and O–H groups in total. The van der Waals surface area contributed by atoms with Gasteiger partial charge < -0.3 is 10.0 Å². The molecule has 0 radical (unpaired) electrons. The zero-order valence-electron chi connectivity index (χ0n) is 9.00. The summed E-state index contributed by atoms with van der Waals surface area (Å²) in [5.41, 5.74) is 0.306. The van der Waals surface area contributed by atoms with Crippen molar-refractivity contribution < 1.29 is 5.11 Å². The van der Waals surface area contributed by atoms with Crippen LogP contribution in [0.1, 0.15) is 32.6 Å². The van der Waals surface area contributed by atoms with Gasteiger partial charge in [-0.2, -0.15) is 5.26 Å². The van der Waals surface area contributed by atoms with E-state index in [1.165, 1.54) is 12.8 Å². The van der Waals surface area contributed by atoms with Crippen LogP contribution in [-0.2, 0) is 0 Å². The van der Waals surface area contributed by atoms with Crippen LogP contribution in [0.3, 0.4) is 0 Å². The SMILES string of the molecule is CCN(CCCO)CC1(CC#N)CC1. The monoisotopic (exact) mass is 196 g/mol. The van der Waals surface area contributed by atoms with Crippen molar-refractivity contribution in [1.29, 1.82) is 5.26 Å². The largest absolute Gasteiger partial charge is 0.396 e. The van der Waals surface area contributed by atoms with Crippen molar-refractivity contribution in [2.75, 3.05) is 26.2 Å². The van der Waals surface area contributed by atoms with Gasteiger partial charge in [-0.15, -0.1) is 0 Å². The van der Waals surface area contributed by atoms with Crippen LogP contribution in [0.25, 0.3) is 0 Å². The summed E-state index contributed by atoms with van der Waals surface area (Å²) < 4.78 is 0. The predicted molar refractivity (Wildman–Crippen MR) is 55.7 cm³/mol. The van der Waals surface area contributed by atoms with E-state index in [1.54, 1.807) is 0 Å². The second kappa shape index (κ2) is 5.33. The molecule has 80 valence electrons. The third-order valence-corrected chi connectivity index (χ3v) is 3.05. The van der Waals surface area contributed by atoms with Crippen LogP contribution in [0.5, 0.6) is 0 Å². The molecule has 0 unspecified atom stereocenters. The van der Waals surface area contributed by atoms with Gasteiger partial charge in [0.2, 0.25) is 0 Å². The molecule has 1 rings (SSSR count). The molecule has 0 atom stereocenters. The standard InChI is InChI=1S/C11H20N2O/c1-2-13(8-3-9-14)10-11(4-5-11)6-7-12/h14H,2-6,8-10H2,1H3. The molecular formula is C11H20N2O. The van der Waals surface area contributed by atoms with E-state index in [2.05, 4.69) is 17.9 Å². The third-order valence-electron chi connectivity index (χ3n) is 3.05. The molecule has 0 aromatic carbocycles. The van der Waals surface area contributed by atoms with Crippen LogP contribution in [0, 0.1) is 16.7 Å². The first-order valence-corrected chi connectivity index (χ1v) is 5.46. The molecule has 0 bridgehead atoms. The highest BCUT2D eigenvalue weighted by molar-refractivity contribution is 5.01. The molecule has 1 fully saturated rings. The highest BCUT2D eigenvalue weighted by Crippen LogP contribution is 2.49. The minimum absolute atomic E-state index is 0.266. The summed E-state index contributed by atoms with van der Waals surface area (Å²) in [5.74, 6) is 0. The Hall–Kier alpha value is -0.590. The Labute approximate surface area is 86.3 Å². The molecule has 1 saturated carbocycles. The summed E-state index contributed by atoms with van der Waals surface area (Å²) in [5, 5.41) is 17.4. The molecule has 1 aliphatic rings. The molecule has 3 heteroatoms. The van der Waals surface area contributed by atoms with Crippen LogP contribution in [0.2, 0.25) is 0 Å². The molecule has 3 nitrogen and oxygen atoms in total. The van der Waals surface area contributed by atoms with Gasteiger partial charge in [-0.25, -0.2) is 0 Å². The topological polar surface area (TPSA) is 47.3 Å². The van der Waals surface area contributed by atoms with Crippen molar-refractivity contribution in [2.45, 2.75) is 32.6 Å². The first-order valence-electron chi connectivity index (χ1n) is 5.46. The minimum atomic E-state index is 0.266.